The van der Waals surface area contributed by atoms with E-state index in [1.54, 1.807) is 24.0 Å². The summed E-state index contributed by atoms with van der Waals surface area (Å²) in [6.45, 7) is 6.76. The average molecular weight is 451 g/mol. The number of thioether (sulfide) groups is 1. The van der Waals surface area contributed by atoms with Crippen LogP contribution in [-0.4, -0.2) is 21.6 Å². The highest BCUT2D eigenvalue weighted by Crippen LogP contribution is 2.43. The van der Waals surface area contributed by atoms with Gasteiger partial charge in [0.2, 0.25) is 5.79 Å². The van der Waals surface area contributed by atoms with Crippen LogP contribution in [0.1, 0.15) is 26.3 Å². The summed E-state index contributed by atoms with van der Waals surface area (Å²) < 4.78 is 0. The van der Waals surface area contributed by atoms with Crippen LogP contribution >= 0.6 is 35.0 Å². The molecule has 0 spiro atoms. The summed E-state index contributed by atoms with van der Waals surface area (Å²) >= 11 is 14.0. The third kappa shape index (κ3) is 5.10. The third-order valence-corrected chi connectivity index (χ3v) is 5.95. The largest absolute Gasteiger partial charge is 0.370 e. The molecule has 0 fully saturated rings. The molecule has 5 N–H and O–H groups in total. The van der Waals surface area contributed by atoms with E-state index in [1.807, 2.05) is 37.4 Å². The summed E-state index contributed by atoms with van der Waals surface area (Å²) in [5.74, 6) is -0.602. The number of benzene rings is 1. The van der Waals surface area contributed by atoms with Gasteiger partial charge in [-0.05, 0) is 42.7 Å². The van der Waals surface area contributed by atoms with E-state index in [0.29, 0.717) is 16.6 Å². The zero-order valence-corrected chi connectivity index (χ0v) is 18.8. The molecule has 1 aromatic carbocycles. The van der Waals surface area contributed by atoms with Crippen molar-refractivity contribution in [1.82, 2.24) is 15.2 Å². The van der Waals surface area contributed by atoms with Crippen molar-refractivity contribution < 1.29 is 0 Å². The number of hydrogen-bond acceptors (Lipinski definition) is 5. The summed E-state index contributed by atoms with van der Waals surface area (Å²) in [5.41, 5.74) is 13.6. The minimum Gasteiger partial charge on any atom is -0.370 e. The van der Waals surface area contributed by atoms with E-state index in [9.17, 15) is 0 Å². The molecule has 0 amide bonds. The Balaban J connectivity index is 2.07. The first-order valence-electron chi connectivity index (χ1n) is 9.11. The molecule has 1 aromatic heterocycles. The Labute approximate surface area is 185 Å². The summed E-state index contributed by atoms with van der Waals surface area (Å²) in [6, 6.07) is 9.43. The molecular weight excluding hydrogens is 427 g/mol. The smallest absolute Gasteiger partial charge is 0.209 e. The maximum atomic E-state index is 6.22. The maximum Gasteiger partial charge on any atom is 0.209 e. The van der Waals surface area contributed by atoms with E-state index in [1.165, 1.54) is 0 Å². The molecule has 0 saturated carbocycles. The highest BCUT2D eigenvalue weighted by Gasteiger charge is 2.42. The van der Waals surface area contributed by atoms with Crippen molar-refractivity contribution in [3.8, 4) is 0 Å². The number of pyridine rings is 1. The van der Waals surface area contributed by atoms with Crippen molar-refractivity contribution >= 4 is 40.9 Å². The standard InChI is InChI=1S/C20H24Cl2N6S/c1-12(2)17-18(29-16-8-14(21)7-15(22)9-16)28(11-13-5-4-6-25-10-13)20(3,26-17)27-19(23)24/h4-10,12,26H,11H2,1-3H3,(H4,23,24,27). The van der Waals surface area contributed by atoms with E-state index in [2.05, 4.69) is 34.0 Å². The lowest BCUT2D eigenvalue weighted by molar-refractivity contribution is 0.159. The fraction of sp³-hybridized carbons (Fsp3) is 0.300. The number of rotatable bonds is 6. The summed E-state index contributed by atoms with van der Waals surface area (Å²) in [5, 5.41) is 5.70. The number of allylic oxidation sites excluding steroid dienone is 1. The highest BCUT2D eigenvalue weighted by atomic mass is 35.5. The van der Waals surface area contributed by atoms with Crippen molar-refractivity contribution in [2.45, 2.75) is 38.0 Å². The Hall–Kier alpha value is -2.09. The second kappa shape index (κ2) is 8.73. The number of hydrogen-bond donors (Lipinski definition) is 3. The van der Waals surface area contributed by atoms with Crippen LogP contribution in [0.4, 0.5) is 0 Å². The van der Waals surface area contributed by atoms with Crippen molar-refractivity contribution in [3.63, 3.8) is 0 Å². The van der Waals surface area contributed by atoms with Gasteiger partial charge in [0, 0.05) is 39.6 Å². The van der Waals surface area contributed by atoms with E-state index >= 15 is 0 Å². The normalized spacial score (nSPS) is 18.9. The van der Waals surface area contributed by atoms with E-state index in [-0.39, 0.29) is 11.9 Å². The number of nitrogens with one attached hydrogen (secondary N) is 1. The lowest BCUT2D eigenvalue weighted by Gasteiger charge is -2.35. The predicted octanol–water partition coefficient (Wildman–Crippen LogP) is 4.36. The van der Waals surface area contributed by atoms with Gasteiger partial charge >= 0.3 is 0 Å². The topological polar surface area (TPSA) is 92.6 Å². The molecule has 1 aliphatic rings. The summed E-state index contributed by atoms with van der Waals surface area (Å²) in [7, 11) is 0. The second-order valence-electron chi connectivity index (χ2n) is 7.21. The molecule has 1 unspecified atom stereocenters. The van der Waals surface area contributed by atoms with Gasteiger partial charge in [0.25, 0.3) is 0 Å². The van der Waals surface area contributed by atoms with Crippen LogP contribution in [0, 0.1) is 5.92 Å². The Morgan fingerprint density at radius 1 is 1.28 bits per heavy atom. The average Bonchev–Trinajstić information content (AvgIpc) is 2.87. The predicted molar refractivity (Wildman–Crippen MR) is 121 cm³/mol. The lowest BCUT2D eigenvalue weighted by atomic mass is 10.1. The summed E-state index contributed by atoms with van der Waals surface area (Å²) in [4.78, 5) is 11.8. The van der Waals surface area contributed by atoms with Crippen LogP contribution in [-0.2, 0) is 6.54 Å². The van der Waals surface area contributed by atoms with Crippen molar-refractivity contribution in [2.75, 3.05) is 0 Å². The monoisotopic (exact) mass is 450 g/mol. The maximum absolute atomic E-state index is 6.22. The third-order valence-electron chi connectivity index (χ3n) is 4.41. The van der Waals surface area contributed by atoms with Crippen LogP contribution < -0.4 is 16.8 Å². The number of guanidine groups is 1. The van der Waals surface area contributed by atoms with E-state index < -0.39 is 5.79 Å². The van der Waals surface area contributed by atoms with Gasteiger partial charge in [-0.1, -0.05) is 54.9 Å². The molecule has 6 nitrogen and oxygen atoms in total. The number of aromatic nitrogens is 1. The molecule has 154 valence electrons. The highest BCUT2D eigenvalue weighted by molar-refractivity contribution is 8.03. The zero-order chi connectivity index (χ0) is 21.2. The van der Waals surface area contributed by atoms with Crippen molar-refractivity contribution in [1.29, 1.82) is 0 Å². The fourth-order valence-corrected chi connectivity index (χ4v) is 5.16. The zero-order valence-electron chi connectivity index (χ0n) is 16.5. The van der Waals surface area contributed by atoms with Crippen LogP contribution in [0.3, 0.4) is 0 Å². The van der Waals surface area contributed by atoms with Gasteiger partial charge in [0.1, 0.15) is 0 Å². The van der Waals surface area contributed by atoms with Crippen molar-refractivity contribution in [2.24, 2.45) is 22.4 Å². The molecule has 0 saturated heterocycles. The van der Waals surface area contributed by atoms with Crippen LogP contribution in [0.15, 0.2) is 63.3 Å². The van der Waals surface area contributed by atoms with Crippen molar-refractivity contribution in [3.05, 3.63) is 69.1 Å². The van der Waals surface area contributed by atoms with Crippen LogP contribution in [0.25, 0.3) is 0 Å². The first-order valence-corrected chi connectivity index (χ1v) is 10.7. The van der Waals surface area contributed by atoms with Gasteiger partial charge in [-0.3, -0.25) is 4.98 Å². The second-order valence-corrected chi connectivity index (χ2v) is 9.15. The molecule has 2 aromatic rings. The van der Waals surface area contributed by atoms with Gasteiger partial charge in [-0.2, -0.15) is 0 Å². The van der Waals surface area contributed by atoms with Crippen LogP contribution in [0.2, 0.25) is 10.0 Å². The first-order chi connectivity index (χ1) is 13.7. The van der Waals surface area contributed by atoms with Crippen LogP contribution in [0.5, 0.6) is 0 Å². The molecule has 0 radical (unpaired) electrons. The van der Waals surface area contributed by atoms with Gasteiger partial charge in [0.15, 0.2) is 5.96 Å². The molecule has 29 heavy (non-hydrogen) atoms. The molecule has 0 aliphatic carbocycles. The van der Waals surface area contributed by atoms with Gasteiger partial charge in [-0.15, -0.1) is 0 Å². The number of aliphatic imine (C=N–C) groups is 1. The molecular formula is C20H24Cl2N6S. The fourth-order valence-electron chi connectivity index (χ4n) is 3.16. The van der Waals surface area contributed by atoms with Gasteiger partial charge in [0.05, 0.1) is 5.03 Å². The van der Waals surface area contributed by atoms with E-state index in [0.717, 1.165) is 21.2 Å². The number of halogens is 2. The molecule has 1 atom stereocenters. The summed E-state index contributed by atoms with van der Waals surface area (Å²) in [6.07, 6.45) is 3.59. The Morgan fingerprint density at radius 3 is 2.52 bits per heavy atom. The minimum atomic E-state index is -0.834. The Kier molecular flexibility index (Phi) is 6.51. The Bertz CT molecular complexity index is 923. The number of nitrogens with zero attached hydrogens (tertiary/aromatic N) is 3. The molecule has 0 bridgehead atoms. The van der Waals surface area contributed by atoms with Gasteiger partial charge in [-0.25, -0.2) is 4.99 Å². The first kappa shape index (κ1) is 21.6. The molecule has 3 rings (SSSR count). The molecule has 1 aliphatic heterocycles. The number of nitrogens with two attached hydrogens (primary N) is 2. The minimum absolute atomic E-state index is 0.0105. The molecule has 9 heteroatoms. The SMILES string of the molecule is CC(C)C1=C(Sc2cc(Cl)cc(Cl)c2)N(Cc2cccnc2)C(C)(N=C(N)N)N1. The molecule has 2 heterocycles. The van der Waals surface area contributed by atoms with E-state index in [4.69, 9.17) is 34.7 Å². The van der Waals surface area contributed by atoms with Gasteiger partial charge < -0.3 is 21.7 Å². The lowest BCUT2D eigenvalue weighted by Crippen LogP contribution is -2.50. The Morgan fingerprint density at radius 2 is 1.97 bits per heavy atom. The quantitative estimate of drug-likeness (QED) is 0.447.